The molecule has 0 radical (unpaired) electrons. The fraction of sp³-hybridized carbons (Fsp3) is 0.0714. The Morgan fingerprint density at radius 3 is 1.65 bits per heavy atom. The zero-order valence-electron chi connectivity index (χ0n) is 22.2. The standard InChI is InChI=1S/C14H12FN3O2S.C8H9N3.C6H4ClFO2S/c15-11-2-4-12(5-3-11)21(19,20)18-8-10-1-6-13-14(7-10)17-9-16-13;9-4-6-1-2-7-8(3-6)11-5-10-7;7-11(9,10)6-3-1-5(8)2-4-6/h1-7,9,18H,8H2,(H,16,17);1-3,5H,4,9H2,(H,10,11);1-4H. The van der Waals surface area contributed by atoms with Crippen LogP contribution in [0, 0.1) is 11.6 Å². The van der Waals surface area contributed by atoms with Crippen LogP contribution in [0.5, 0.6) is 0 Å². The van der Waals surface area contributed by atoms with Gasteiger partial charge >= 0.3 is 0 Å². The van der Waals surface area contributed by atoms with Gasteiger partial charge in [-0.2, -0.15) is 0 Å². The van der Waals surface area contributed by atoms with Crippen molar-refractivity contribution in [1.82, 2.24) is 24.7 Å². The number of aromatic amines is 2. The smallest absolute Gasteiger partial charge is 0.261 e. The fourth-order valence-corrected chi connectivity index (χ4v) is 5.46. The van der Waals surface area contributed by atoms with Crippen LogP contribution >= 0.6 is 10.7 Å². The molecule has 0 aliphatic rings. The number of H-pyrrole nitrogens is 2. The molecule has 6 rings (SSSR count). The number of nitrogens with two attached hydrogens (primary N) is 1. The number of nitrogens with zero attached hydrogens (tertiary/aromatic N) is 2. The lowest BCUT2D eigenvalue weighted by molar-refractivity contribution is 0.580. The molecule has 0 aliphatic carbocycles. The van der Waals surface area contributed by atoms with Crippen molar-refractivity contribution in [2.45, 2.75) is 22.9 Å². The van der Waals surface area contributed by atoms with E-state index in [9.17, 15) is 25.6 Å². The maximum absolute atomic E-state index is 12.8. The number of fused-ring (bicyclic) bond motifs is 2. The second-order valence-electron chi connectivity index (χ2n) is 8.88. The minimum Gasteiger partial charge on any atom is -0.345 e. The Morgan fingerprint density at radius 2 is 1.16 bits per heavy atom. The maximum Gasteiger partial charge on any atom is 0.261 e. The topological polar surface area (TPSA) is 164 Å². The summed E-state index contributed by atoms with van der Waals surface area (Å²) in [4.78, 5) is 14.1. The second-order valence-corrected chi connectivity index (χ2v) is 13.2. The lowest BCUT2D eigenvalue weighted by atomic mass is 10.2. The summed E-state index contributed by atoms with van der Waals surface area (Å²) in [6, 6.07) is 20.4. The molecule has 0 bridgehead atoms. The van der Waals surface area contributed by atoms with Crippen molar-refractivity contribution in [2.75, 3.05) is 0 Å². The predicted molar refractivity (Wildman–Crippen MR) is 160 cm³/mol. The van der Waals surface area contributed by atoms with E-state index in [1.165, 1.54) is 12.1 Å². The second kappa shape index (κ2) is 13.8. The largest absolute Gasteiger partial charge is 0.345 e. The van der Waals surface area contributed by atoms with Gasteiger partial charge in [-0.25, -0.2) is 40.3 Å². The predicted octanol–water partition coefficient (Wildman–Crippen LogP) is 4.96. The van der Waals surface area contributed by atoms with Gasteiger partial charge < -0.3 is 15.7 Å². The van der Waals surface area contributed by atoms with E-state index in [1.54, 1.807) is 18.7 Å². The average Bonchev–Trinajstić information content (AvgIpc) is 3.66. The Morgan fingerprint density at radius 1 is 0.698 bits per heavy atom. The van der Waals surface area contributed by atoms with E-state index in [4.69, 9.17) is 16.4 Å². The van der Waals surface area contributed by atoms with E-state index in [0.29, 0.717) is 6.54 Å². The maximum atomic E-state index is 12.8. The van der Waals surface area contributed by atoms with Crippen molar-refractivity contribution in [2.24, 2.45) is 5.73 Å². The highest BCUT2D eigenvalue weighted by Gasteiger charge is 2.14. The van der Waals surface area contributed by atoms with E-state index < -0.39 is 30.7 Å². The molecular formula is C28H25ClF2N6O4S2. The summed E-state index contributed by atoms with van der Waals surface area (Å²) < 4.78 is 72.9. The summed E-state index contributed by atoms with van der Waals surface area (Å²) in [6.07, 6.45) is 3.27. The Hall–Kier alpha value is -4.21. The molecule has 43 heavy (non-hydrogen) atoms. The number of halogens is 3. The molecule has 5 N–H and O–H groups in total. The Kier molecular flexibility index (Phi) is 10.2. The van der Waals surface area contributed by atoms with Gasteiger partial charge in [0.2, 0.25) is 10.0 Å². The van der Waals surface area contributed by atoms with Gasteiger partial charge in [0, 0.05) is 23.8 Å². The molecule has 0 unspecified atom stereocenters. The van der Waals surface area contributed by atoms with Gasteiger partial charge in [0.15, 0.2) is 0 Å². The third kappa shape index (κ3) is 8.89. The number of hydrogen-bond acceptors (Lipinski definition) is 7. The van der Waals surface area contributed by atoms with Crippen molar-refractivity contribution < 1.29 is 25.6 Å². The van der Waals surface area contributed by atoms with Gasteiger partial charge in [-0.3, -0.25) is 0 Å². The van der Waals surface area contributed by atoms with Crippen LogP contribution in [-0.2, 0) is 32.2 Å². The van der Waals surface area contributed by atoms with Crippen LogP contribution in [0.4, 0.5) is 8.78 Å². The van der Waals surface area contributed by atoms with Crippen LogP contribution in [-0.4, -0.2) is 36.8 Å². The van der Waals surface area contributed by atoms with Gasteiger partial charge in [-0.1, -0.05) is 12.1 Å². The van der Waals surface area contributed by atoms with Gasteiger partial charge in [-0.15, -0.1) is 0 Å². The van der Waals surface area contributed by atoms with Crippen LogP contribution in [0.15, 0.2) is 107 Å². The Bertz CT molecular complexity index is 2030. The molecule has 10 nitrogen and oxygen atoms in total. The quantitative estimate of drug-likeness (QED) is 0.186. The molecule has 0 atom stereocenters. The third-order valence-corrected chi connectivity index (χ3v) is 8.68. The van der Waals surface area contributed by atoms with Crippen LogP contribution in [0.2, 0.25) is 0 Å². The fourth-order valence-electron chi connectivity index (χ4n) is 3.67. The number of benzene rings is 4. The molecule has 0 fully saturated rings. The summed E-state index contributed by atoms with van der Waals surface area (Å²) in [5, 5.41) is 0. The van der Waals surface area contributed by atoms with Crippen LogP contribution in [0.1, 0.15) is 11.1 Å². The van der Waals surface area contributed by atoms with E-state index >= 15 is 0 Å². The lowest BCUT2D eigenvalue weighted by Gasteiger charge is -2.07. The average molecular weight is 647 g/mol. The normalized spacial score (nSPS) is 11.4. The van der Waals surface area contributed by atoms with Crippen LogP contribution in [0.3, 0.4) is 0 Å². The van der Waals surface area contributed by atoms with Gasteiger partial charge in [0.05, 0.1) is 44.5 Å². The van der Waals surface area contributed by atoms with Gasteiger partial charge in [-0.05, 0) is 83.9 Å². The number of rotatable bonds is 6. The van der Waals surface area contributed by atoms with Crippen LogP contribution < -0.4 is 10.5 Å². The monoisotopic (exact) mass is 646 g/mol. The first-order chi connectivity index (χ1) is 20.4. The van der Waals surface area contributed by atoms with E-state index in [0.717, 1.165) is 69.6 Å². The summed E-state index contributed by atoms with van der Waals surface area (Å²) in [5.41, 5.74) is 11.1. The molecule has 224 valence electrons. The summed E-state index contributed by atoms with van der Waals surface area (Å²) in [5.74, 6) is -0.965. The number of aromatic nitrogens is 4. The molecule has 0 spiro atoms. The molecule has 0 saturated heterocycles. The van der Waals surface area contributed by atoms with Crippen molar-refractivity contribution in [1.29, 1.82) is 0 Å². The zero-order valence-corrected chi connectivity index (χ0v) is 24.6. The first-order valence-electron chi connectivity index (χ1n) is 12.4. The summed E-state index contributed by atoms with van der Waals surface area (Å²) in [6.45, 7) is 0.726. The molecule has 6 aromatic rings. The number of nitrogens with one attached hydrogen (secondary N) is 3. The minimum atomic E-state index is -3.71. The van der Waals surface area contributed by atoms with Crippen molar-refractivity contribution in [3.05, 3.63) is 120 Å². The highest BCUT2D eigenvalue weighted by atomic mass is 35.7. The van der Waals surface area contributed by atoms with E-state index in [1.807, 2.05) is 30.3 Å². The zero-order chi connectivity index (χ0) is 31.0. The van der Waals surface area contributed by atoms with Gasteiger partial charge in [0.25, 0.3) is 9.05 Å². The number of imidazole rings is 2. The Labute approximate surface area is 250 Å². The lowest BCUT2D eigenvalue weighted by Crippen LogP contribution is -2.23. The minimum absolute atomic E-state index is 0.0338. The van der Waals surface area contributed by atoms with E-state index in [-0.39, 0.29) is 16.3 Å². The number of hydrogen-bond donors (Lipinski definition) is 4. The summed E-state index contributed by atoms with van der Waals surface area (Å²) >= 11 is 0. The molecule has 2 heterocycles. The van der Waals surface area contributed by atoms with Crippen LogP contribution in [0.25, 0.3) is 22.1 Å². The third-order valence-electron chi connectivity index (χ3n) is 5.89. The molecule has 15 heteroatoms. The molecule has 0 amide bonds. The van der Waals surface area contributed by atoms with Gasteiger partial charge in [0.1, 0.15) is 11.6 Å². The first kappa shape index (κ1) is 31.7. The van der Waals surface area contributed by atoms with Crippen molar-refractivity contribution in [3.63, 3.8) is 0 Å². The SMILES string of the molecule is NCc1ccc2nc[nH]c2c1.O=S(=O)(Cl)c1ccc(F)cc1.O=S(=O)(NCc1ccc2nc[nH]c2c1)c1ccc(F)cc1. The number of sulfonamides is 1. The molecule has 2 aromatic heterocycles. The van der Waals surface area contributed by atoms with E-state index in [2.05, 4.69) is 24.7 Å². The molecule has 0 aliphatic heterocycles. The molecule has 4 aromatic carbocycles. The van der Waals surface area contributed by atoms with Crippen molar-refractivity contribution in [3.8, 4) is 0 Å². The molecule has 0 saturated carbocycles. The van der Waals surface area contributed by atoms with Crippen molar-refractivity contribution >= 4 is 51.8 Å². The first-order valence-corrected chi connectivity index (χ1v) is 16.2. The highest BCUT2D eigenvalue weighted by Crippen LogP contribution is 2.15. The Balaban J connectivity index is 0.000000162. The molecular weight excluding hydrogens is 622 g/mol. The summed E-state index contributed by atoms with van der Waals surface area (Å²) in [7, 11) is -2.41. The highest BCUT2D eigenvalue weighted by molar-refractivity contribution is 8.13.